The van der Waals surface area contributed by atoms with Crippen LogP contribution in [0.25, 0.3) is 10.2 Å². The summed E-state index contributed by atoms with van der Waals surface area (Å²) in [7, 11) is 0. The summed E-state index contributed by atoms with van der Waals surface area (Å²) in [4.78, 5) is 4.46. The molecular weight excluding hydrogens is 240 g/mol. The number of anilines is 1. The smallest absolute Gasteiger partial charge is 0.202 e. The monoisotopic (exact) mass is 252 g/mol. The summed E-state index contributed by atoms with van der Waals surface area (Å²) in [5.41, 5.74) is 14.3. The van der Waals surface area contributed by atoms with Crippen LogP contribution in [-0.2, 0) is 0 Å². The number of fused-ring (bicyclic) bond motifs is 1. The van der Waals surface area contributed by atoms with Gasteiger partial charge in [0.15, 0.2) is 5.11 Å². The van der Waals surface area contributed by atoms with E-state index in [-0.39, 0.29) is 5.11 Å². The van der Waals surface area contributed by atoms with Crippen LogP contribution in [0.15, 0.2) is 12.1 Å². The topological polar surface area (TPSA) is 63.0 Å². The van der Waals surface area contributed by atoms with Crippen molar-refractivity contribution in [2.75, 3.05) is 5.43 Å². The highest BCUT2D eigenvalue weighted by atomic mass is 32.1. The molecule has 4 N–H and O–H groups in total. The molecule has 6 heteroatoms. The predicted molar refractivity (Wildman–Crippen MR) is 72.6 cm³/mol. The third kappa shape index (κ3) is 2.23. The third-order valence-electron chi connectivity index (χ3n) is 2.12. The number of nitrogens with two attached hydrogens (primary N) is 1. The molecule has 2 rings (SSSR count). The molecule has 1 aromatic heterocycles. The van der Waals surface area contributed by atoms with Crippen molar-refractivity contribution in [2.45, 2.75) is 13.8 Å². The Morgan fingerprint density at radius 2 is 2.19 bits per heavy atom. The fourth-order valence-corrected chi connectivity index (χ4v) is 2.59. The SMILES string of the molecule is Cc1cc(C)c2nc(NNC(N)=S)sc2c1. The number of aromatic nitrogens is 1. The molecule has 0 saturated heterocycles. The average molecular weight is 252 g/mol. The molecule has 84 valence electrons. The number of thiocarbonyl (C=S) groups is 1. The molecule has 0 bridgehead atoms. The number of nitrogens with one attached hydrogen (secondary N) is 2. The fraction of sp³-hybridized carbons (Fsp3) is 0.200. The van der Waals surface area contributed by atoms with Crippen molar-refractivity contribution >= 4 is 44.0 Å². The van der Waals surface area contributed by atoms with Crippen molar-refractivity contribution in [1.29, 1.82) is 0 Å². The van der Waals surface area contributed by atoms with E-state index in [0.717, 1.165) is 15.3 Å². The van der Waals surface area contributed by atoms with Gasteiger partial charge in [-0.3, -0.25) is 10.9 Å². The second-order valence-electron chi connectivity index (χ2n) is 3.56. The van der Waals surface area contributed by atoms with Crippen LogP contribution < -0.4 is 16.6 Å². The summed E-state index contributed by atoms with van der Waals surface area (Å²) in [5, 5.41) is 0.962. The first-order valence-corrected chi connectivity index (χ1v) is 5.98. The fourth-order valence-electron chi connectivity index (χ4n) is 1.54. The minimum Gasteiger partial charge on any atom is -0.375 e. The van der Waals surface area contributed by atoms with Gasteiger partial charge in [-0.05, 0) is 43.3 Å². The largest absolute Gasteiger partial charge is 0.375 e. The lowest BCUT2D eigenvalue weighted by molar-refractivity contribution is 1.12. The highest BCUT2D eigenvalue weighted by Gasteiger charge is 2.06. The van der Waals surface area contributed by atoms with E-state index in [1.165, 1.54) is 11.1 Å². The van der Waals surface area contributed by atoms with Crippen LogP contribution in [0.2, 0.25) is 0 Å². The number of nitrogens with zero attached hydrogens (tertiary/aromatic N) is 1. The molecule has 0 aliphatic carbocycles. The number of hydrogen-bond acceptors (Lipinski definition) is 4. The van der Waals surface area contributed by atoms with Gasteiger partial charge in [-0.25, -0.2) is 4.98 Å². The summed E-state index contributed by atoms with van der Waals surface area (Å²) in [6, 6.07) is 4.23. The maximum Gasteiger partial charge on any atom is 0.202 e. The molecule has 0 fully saturated rings. The zero-order valence-electron chi connectivity index (χ0n) is 9.00. The Balaban J connectivity index is 2.36. The lowest BCUT2D eigenvalue weighted by atomic mass is 10.1. The number of thiazole rings is 1. The summed E-state index contributed by atoms with van der Waals surface area (Å²) < 4.78 is 1.16. The molecule has 0 aliphatic rings. The molecule has 0 unspecified atom stereocenters. The minimum absolute atomic E-state index is 0.201. The zero-order chi connectivity index (χ0) is 11.7. The van der Waals surface area contributed by atoms with Crippen LogP contribution in [0.1, 0.15) is 11.1 Å². The molecule has 4 nitrogen and oxygen atoms in total. The molecule has 2 aromatic rings. The van der Waals surface area contributed by atoms with Crippen LogP contribution in [0, 0.1) is 13.8 Å². The number of rotatable bonds is 2. The Kier molecular flexibility index (Phi) is 2.93. The molecule has 1 aromatic carbocycles. The molecule has 0 atom stereocenters. The van der Waals surface area contributed by atoms with Gasteiger partial charge in [0.05, 0.1) is 10.2 Å². The zero-order valence-corrected chi connectivity index (χ0v) is 10.6. The quantitative estimate of drug-likeness (QED) is 0.564. The Morgan fingerprint density at radius 1 is 1.44 bits per heavy atom. The first kappa shape index (κ1) is 11.1. The van der Waals surface area contributed by atoms with Crippen molar-refractivity contribution in [1.82, 2.24) is 10.4 Å². The number of hydrogen-bond donors (Lipinski definition) is 3. The van der Waals surface area contributed by atoms with Gasteiger partial charge in [0.1, 0.15) is 0 Å². The van der Waals surface area contributed by atoms with Gasteiger partial charge in [-0.2, -0.15) is 0 Å². The van der Waals surface area contributed by atoms with E-state index in [9.17, 15) is 0 Å². The van der Waals surface area contributed by atoms with Crippen molar-refractivity contribution < 1.29 is 0 Å². The highest BCUT2D eigenvalue weighted by Crippen LogP contribution is 2.28. The van der Waals surface area contributed by atoms with E-state index in [4.69, 9.17) is 18.0 Å². The summed E-state index contributed by atoms with van der Waals surface area (Å²) >= 11 is 6.27. The normalized spacial score (nSPS) is 10.4. The van der Waals surface area contributed by atoms with E-state index in [1.807, 2.05) is 0 Å². The molecule has 1 heterocycles. The molecule has 0 aliphatic heterocycles. The number of aryl methyl sites for hydroxylation is 2. The van der Waals surface area contributed by atoms with E-state index in [1.54, 1.807) is 11.3 Å². The van der Waals surface area contributed by atoms with Gasteiger partial charge in [0, 0.05) is 0 Å². The van der Waals surface area contributed by atoms with Crippen LogP contribution in [0.4, 0.5) is 5.13 Å². The number of benzene rings is 1. The van der Waals surface area contributed by atoms with Gasteiger partial charge in [0.2, 0.25) is 5.13 Å². The van der Waals surface area contributed by atoms with Gasteiger partial charge in [-0.15, -0.1) is 0 Å². The van der Waals surface area contributed by atoms with Gasteiger partial charge in [0.25, 0.3) is 0 Å². The highest BCUT2D eigenvalue weighted by molar-refractivity contribution is 7.80. The molecule has 0 radical (unpaired) electrons. The van der Waals surface area contributed by atoms with Gasteiger partial charge in [-0.1, -0.05) is 17.4 Å². The molecule has 16 heavy (non-hydrogen) atoms. The van der Waals surface area contributed by atoms with Crippen molar-refractivity contribution in [3.8, 4) is 0 Å². The van der Waals surface area contributed by atoms with Gasteiger partial charge >= 0.3 is 0 Å². The summed E-state index contributed by atoms with van der Waals surface area (Å²) in [6.45, 7) is 4.13. The van der Waals surface area contributed by atoms with E-state index in [0.29, 0.717) is 0 Å². The third-order valence-corrected chi connectivity index (χ3v) is 3.14. The van der Waals surface area contributed by atoms with Crippen LogP contribution in [-0.4, -0.2) is 10.1 Å². The van der Waals surface area contributed by atoms with Crippen molar-refractivity contribution in [2.24, 2.45) is 5.73 Å². The van der Waals surface area contributed by atoms with Crippen LogP contribution in [0.3, 0.4) is 0 Å². The van der Waals surface area contributed by atoms with E-state index < -0.39 is 0 Å². The molecular formula is C10H12N4S2. The Bertz CT molecular complexity index is 547. The lowest BCUT2D eigenvalue weighted by Gasteiger charge is -2.01. The Morgan fingerprint density at radius 3 is 2.88 bits per heavy atom. The molecule has 0 spiro atoms. The molecule has 0 saturated carbocycles. The number of hydrazine groups is 1. The van der Waals surface area contributed by atoms with Gasteiger partial charge < -0.3 is 5.73 Å². The maximum atomic E-state index is 5.32. The van der Waals surface area contributed by atoms with E-state index in [2.05, 4.69) is 41.8 Å². The summed E-state index contributed by atoms with van der Waals surface area (Å²) in [5.74, 6) is 0. The Labute approximate surface area is 103 Å². The second kappa shape index (κ2) is 4.23. The summed E-state index contributed by atoms with van der Waals surface area (Å²) in [6.07, 6.45) is 0. The maximum absolute atomic E-state index is 5.32. The molecule has 0 amide bonds. The average Bonchev–Trinajstić information content (AvgIpc) is 2.57. The van der Waals surface area contributed by atoms with Crippen molar-refractivity contribution in [3.05, 3.63) is 23.3 Å². The lowest BCUT2D eigenvalue weighted by Crippen LogP contribution is -2.33. The van der Waals surface area contributed by atoms with E-state index >= 15 is 0 Å². The standard InChI is InChI=1S/C10H12N4S2/c1-5-3-6(2)8-7(4-5)16-10(12-8)14-13-9(11)15/h3-4H,1-2H3,(H,12,14)(H3,11,13,15). The first-order chi connectivity index (χ1) is 7.56. The second-order valence-corrected chi connectivity index (χ2v) is 5.03. The van der Waals surface area contributed by atoms with Crippen LogP contribution in [0.5, 0.6) is 0 Å². The van der Waals surface area contributed by atoms with Crippen LogP contribution >= 0.6 is 23.6 Å². The van der Waals surface area contributed by atoms with Crippen molar-refractivity contribution in [3.63, 3.8) is 0 Å². The minimum atomic E-state index is 0.201. The predicted octanol–water partition coefficient (Wildman–Crippen LogP) is 2.07. The first-order valence-electron chi connectivity index (χ1n) is 4.75. The Hall–Kier alpha value is -1.40.